The maximum absolute atomic E-state index is 5.98. The van der Waals surface area contributed by atoms with Crippen molar-refractivity contribution in [2.45, 2.75) is 117 Å². The van der Waals surface area contributed by atoms with Gasteiger partial charge < -0.3 is 9.47 Å². The third-order valence-electron chi connectivity index (χ3n) is 4.70. The number of hydrogen-bond acceptors (Lipinski definition) is 2. The first-order valence-electron chi connectivity index (χ1n) is 12.0. The highest BCUT2D eigenvalue weighted by Gasteiger charge is 2.08. The van der Waals surface area contributed by atoms with E-state index in [1.165, 1.54) is 51.4 Å². The normalized spacial score (nSPS) is 12.4. The molecular weight excluding hydrogens is 344 g/mol. The van der Waals surface area contributed by atoms with Crippen LogP contribution in [-0.4, -0.2) is 19.5 Å². The van der Waals surface area contributed by atoms with Gasteiger partial charge in [0.05, 0.1) is 0 Å². The van der Waals surface area contributed by atoms with E-state index in [9.17, 15) is 0 Å². The van der Waals surface area contributed by atoms with E-state index in [2.05, 4.69) is 57.2 Å². The van der Waals surface area contributed by atoms with Crippen molar-refractivity contribution in [1.29, 1.82) is 0 Å². The summed E-state index contributed by atoms with van der Waals surface area (Å²) in [5, 5.41) is 0. The van der Waals surface area contributed by atoms with Gasteiger partial charge in [-0.1, -0.05) is 89.3 Å². The summed E-state index contributed by atoms with van der Waals surface area (Å²) in [6.45, 7) is 8.31. The molecule has 0 bridgehead atoms. The molecule has 0 aliphatic rings. The molecular formula is C26H48O2. The Kier molecular flexibility index (Phi) is 23.4. The largest absolute Gasteiger partial charge is 0.353 e. The summed E-state index contributed by atoms with van der Waals surface area (Å²) >= 11 is 0. The van der Waals surface area contributed by atoms with Crippen molar-refractivity contribution < 1.29 is 9.47 Å². The third kappa shape index (κ3) is 21.4. The highest BCUT2D eigenvalue weighted by Crippen LogP contribution is 2.12. The fourth-order valence-electron chi connectivity index (χ4n) is 2.92. The Hall–Kier alpha value is -0.860. The summed E-state index contributed by atoms with van der Waals surface area (Å²) in [5.74, 6) is 0. The molecule has 0 aromatic heterocycles. The second-order valence-corrected chi connectivity index (χ2v) is 7.54. The van der Waals surface area contributed by atoms with Crippen LogP contribution in [0.25, 0.3) is 0 Å². The second kappa shape index (κ2) is 24.2. The minimum atomic E-state index is 0.0119. The maximum Gasteiger partial charge on any atom is 0.157 e. The summed E-state index contributed by atoms with van der Waals surface area (Å²) in [4.78, 5) is 0. The Morgan fingerprint density at radius 1 is 0.571 bits per heavy atom. The van der Waals surface area contributed by atoms with Gasteiger partial charge in [-0.25, -0.2) is 0 Å². The molecule has 28 heavy (non-hydrogen) atoms. The zero-order valence-electron chi connectivity index (χ0n) is 19.2. The van der Waals surface area contributed by atoms with Gasteiger partial charge in [-0.05, 0) is 57.8 Å². The quantitative estimate of drug-likeness (QED) is 0.0843. The molecule has 0 aliphatic heterocycles. The Labute approximate surface area is 176 Å². The molecule has 0 N–H and O–H groups in total. The predicted molar refractivity (Wildman–Crippen MR) is 125 cm³/mol. The predicted octanol–water partition coefficient (Wildman–Crippen LogP) is 8.54. The van der Waals surface area contributed by atoms with E-state index in [1.54, 1.807) is 0 Å². The van der Waals surface area contributed by atoms with Gasteiger partial charge in [0.1, 0.15) is 0 Å². The highest BCUT2D eigenvalue weighted by molar-refractivity contribution is 5.02. The molecule has 0 aromatic carbocycles. The molecule has 0 fully saturated rings. The molecule has 164 valence electrons. The zero-order valence-corrected chi connectivity index (χ0v) is 19.2. The molecule has 0 amide bonds. The van der Waals surface area contributed by atoms with Gasteiger partial charge in [0.15, 0.2) is 6.29 Å². The molecule has 0 radical (unpaired) electrons. The number of hydrogen-bond donors (Lipinski definition) is 0. The average molecular weight is 393 g/mol. The van der Waals surface area contributed by atoms with Crippen LogP contribution < -0.4 is 0 Å². The summed E-state index contributed by atoms with van der Waals surface area (Å²) in [6, 6.07) is 0. The molecule has 0 rings (SSSR count). The topological polar surface area (TPSA) is 18.5 Å². The summed E-state index contributed by atoms with van der Waals surface area (Å²) < 4.78 is 12.0. The fourth-order valence-corrected chi connectivity index (χ4v) is 2.92. The highest BCUT2D eigenvalue weighted by atomic mass is 16.7. The second-order valence-electron chi connectivity index (χ2n) is 7.54. The number of unbranched alkanes of at least 4 members (excludes halogenated alkanes) is 8. The van der Waals surface area contributed by atoms with Gasteiger partial charge in [-0.2, -0.15) is 0 Å². The van der Waals surface area contributed by atoms with Crippen molar-refractivity contribution in [2.75, 3.05) is 13.2 Å². The molecule has 0 saturated heterocycles. The maximum atomic E-state index is 5.98. The molecule has 0 atom stereocenters. The van der Waals surface area contributed by atoms with Gasteiger partial charge in [-0.15, -0.1) is 0 Å². The van der Waals surface area contributed by atoms with Crippen molar-refractivity contribution in [3.05, 3.63) is 36.5 Å². The van der Waals surface area contributed by atoms with Crippen LogP contribution in [0.3, 0.4) is 0 Å². The van der Waals surface area contributed by atoms with Gasteiger partial charge in [0.2, 0.25) is 0 Å². The lowest BCUT2D eigenvalue weighted by atomic mass is 10.1. The minimum Gasteiger partial charge on any atom is -0.353 e. The standard InChI is InChI=1S/C26H48O2/c1-4-7-10-11-12-13-14-15-16-17-18-19-20-23-26(27-24-21-8-5-2)28-25-22-9-6-3/h7,10-12,15-16,26H,4-6,8-9,13-14,17-25H2,1-3H3/b10-7+,12-11-,16-15-. The minimum absolute atomic E-state index is 0.0119. The molecule has 0 saturated carbocycles. The Bertz CT molecular complexity index is 359. The van der Waals surface area contributed by atoms with Gasteiger partial charge >= 0.3 is 0 Å². The smallest absolute Gasteiger partial charge is 0.157 e. The van der Waals surface area contributed by atoms with Crippen LogP contribution >= 0.6 is 0 Å². The van der Waals surface area contributed by atoms with E-state index < -0.39 is 0 Å². The monoisotopic (exact) mass is 392 g/mol. The lowest BCUT2D eigenvalue weighted by molar-refractivity contribution is -0.148. The van der Waals surface area contributed by atoms with Crippen LogP contribution in [0.1, 0.15) is 111 Å². The third-order valence-corrected chi connectivity index (χ3v) is 4.70. The van der Waals surface area contributed by atoms with Crippen molar-refractivity contribution in [3.8, 4) is 0 Å². The zero-order chi connectivity index (χ0) is 20.5. The first kappa shape index (κ1) is 27.1. The van der Waals surface area contributed by atoms with E-state index in [1.807, 2.05) is 0 Å². The van der Waals surface area contributed by atoms with E-state index in [-0.39, 0.29) is 6.29 Å². The first-order chi connectivity index (χ1) is 13.8. The van der Waals surface area contributed by atoms with Crippen molar-refractivity contribution in [3.63, 3.8) is 0 Å². The molecule has 0 spiro atoms. The Balaban J connectivity index is 3.72. The molecule has 0 heterocycles. The van der Waals surface area contributed by atoms with Gasteiger partial charge in [0, 0.05) is 13.2 Å². The number of ether oxygens (including phenoxy) is 2. The average Bonchev–Trinajstić information content (AvgIpc) is 2.71. The van der Waals surface area contributed by atoms with Crippen molar-refractivity contribution in [1.82, 2.24) is 0 Å². The molecule has 2 heteroatoms. The van der Waals surface area contributed by atoms with E-state index in [4.69, 9.17) is 9.47 Å². The van der Waals surface area contributed by atoms with Crippen LogP contribution in [0.2, 0.25) is 0 Å². The summed E-state index contributed by atoms with van der Waals surface area (Å²) in [5.41, 5.74) is 0. The fraction of sp³-hybridized carbons (Fsp3) is 0.769. The lowest BCUT2D eigenvalue weighted by Gasteiger charge is -2.18. The molecule has 2 nitrogen and oxygen atoms in total. The van der Waals surface area contributed by atoms with E-state index in [0.29, 0.717) is 0 Å². The SMILES string of the molecule is CC/C=C/C=C\CC/C=C\CCCCCC(OCCCCC)OCCCCC. The van der Waals surface area contributed by atoms with Gasteiger partial charge in [0.25, 0.3) is 0 Å². The van der Waals surface area contributed by atoms with Crippen LogP contribution in [0, 0.1) is 0 Å². The summed E-state index contributed by atoms with van der Waals surface area (Å²) in [7, 11) is 0. The van der Waals surface area contributed by atoms with E-state index in [0.717, 1.165) is 51.7 Å². The molecule has 0 aromatic rings. The molecule has 0 unspecified atom stereocenters. The lowest BCUT2D eigenvalue weighted by Crippen LogP contribution is -2.19. The number of rotatable bonds is 21. The van der Waals surface area contributed by atoms with E-state index >= 15 is 0 Å². The first-order valence-corrected chi connectivity index (χ1v) is 12.0. The van der Waals surface area contributed by atoms with Crippen molar-refractivity contribution in [2.24, 2.45) is 0 Å². The van der Waals surface area contributed by atoms with Gasteiger partial charge in [-0.3, -0.25) is 0 Å². The Morgan fingerprint density at radius 2 is 1.18 bits per heavy atom. The van der Waals surface area contributed by atoms with Crippen LogP contribution in [0.4, 0.5) is 0 Å². The van der Waals surface area contributed by atoms with Crippen LogP contribution in [-0.2, 0) is 9.47 Å². The summed E-state index contributed by atoms with van der Waals surface area (Å²) in [6.07, 6.45) is 30.1. The van der Waals surface area contributed by atoms with Crippen LogP contribution in [0.15, 0.2) is 36.5 Å². The number of allylic oxidation sites excluding steroid dienone is 6. The van der Waals surface area contributed by atoms with Crippen LogP contribution in [0.5, 0.6) is 0 Å². The Morgan fingerprint density at radius 3 is 1.82 bits per heavy atom. The molecule has 0 aliphatic carbocycles. The van der Waals surface area contributed by atoms with Crippen molar-refractivity contribution >= 4 is 0 Å².